The predicted molar refractivity (Wildman–Crippen MR) is 116 cm³/mol. The van der Waals surface area contributed by atoms with Crippen molar-refractivity contribution in [3.63, 3.8) is 0 Å². The Kier molecular flexibility index (Phi) is 8.11. The van der Waals surface area contributed by atoms with Gasteiger partial charge in [-0.3, -0.25) is 14.5 Å². The Morgan fingerprint density at radius 2 is 1.57 bits per heavy atom. The van der Waals surface area contributed by atoms with Crippen LogP contribution < -0.4 is 4.74 Å². The van der Waals surface area contributed by atoms with Crippen LogP contribution >= 0.6 is 11.6 Å². The number of hydrogen-bond acceptors (Lipinski definition) is 5. The van der Waals surface area contributed by atoms with Gasteiger partial charge in [0, 0.05) is 37.7 Å². The first-order valence-corrected chi connectivity index (χ1v) is 10.5. The van der Waals surface area contributed by atoms with Crippen LogP contribution in [0, 0.1) is 0 Å². The molecule has 0 atom stereocenters. The quantitative estimate of drug-likeness (QED) is 0.602. The van der Waals surface area contributed by atoms with Crippen LogP contribution in [0.4, 0.5) is 0 Å². The summed E-state index contributed by atoms with van der Waals surface area (Å²) in [4.78, 5) is 28.1. The minimum atomic E-state index is -0.253. The molecule has 1 aliphatic rings. The molecule has 0 unspecified atom stereocenters. The third-order valence-corrected chi connectivity index (χ3v) is 5.24. The molecule has 0 bridgehead atoms. The van der Waals surface area contributed by atoms with Crippen LogP contribution in [0.15, 0.2) is 48.5 Å². The summed E-state index contributed by atoms with van der Waals surface area (Å²) in [5.41, 5.74) is 2.07. The van der Waals surface area contributed by atoms with Crippen molar-refractivity contribution in [2.45, 2.75) is 19.9 Å². The van der Waals surface area contributed by atoms with Crippen molar-refractivity contribution in [2.24, 2.45) is 0 Å². The third kappa shape index (κ3) is 6.75. The molecular formula is C23H27ClN2O4. The second kappa shape index (κ2) is 11.0. The highest BCUT2D eigenvalue weighted by Gasteiger charge is 2.21. The second-order valence-corrected chi connectivity index (χ2v) is 7.63. The van der Waals surface area contributed by atoms with Gasteiger partial charge in [-0.1, -0.05) is 35.9 Å². The lowest BCUT2D eigenvalue weighted by atomic mass is 10.1. The van der Waals surface area contributed by atoms with Gasteiger partial charge >= 0.3 is 5.97 Å². The smallest absolute Gasteiger partial charge is 0.310 e. The molecule has 0 aliphatic carbocycles. The molecule has 160 valence electrons. The average Bonchev–Trinajstić information content (AvgIpc) is 2.75. The van der Waals surface area contributed by atoms with E-state index in [1.165, 1.54) is 5.56 Å². The van der Waals surface area contributed by atoms with Crippen LogP contribution in [0.25, 0.3) is 0 Å². The second-order valence-electron chi connectivity index (χ2n) is 7.20. The van der Waals surface area contributed by atoms with Gasteiger partial charge in [0.15, 0.2) is 6.61 Å². The van der Waals surface area contributed by atoms with Crippen molar-refractivity contribution in [1.29, 1.82) is 0 Å². The van der Waals surface area contributed by atoms with E-state index in [1.807, 2.05) is 41.3 Å². The van der Waals surface area contributed by atoms with Crippen molar-refractivity contribution in [2.75, 3.05) is 39.4 Å². The van der Waals surface area contributed by atoms with Crippen LogP contribution in [0.1, 0.15) is 18.1 Å². The van der Waals surface area contributed by atoms with E-state index in [9.17, 15) is 9.59 Å². The zero-order chi connectivity index (χ0) is 21.3. The highest BCUT2D eigenvalue weighted by molar-refractivity contribution is 6.30. The fraction of sp³-hybridized carbons (Fsp3) is 0.391. The van der Waals surface area contributed by atoms with Gasteiger partial charge in [0.1, 0.15) is 5.75 Å². The van der Waals surface area contributed by atoms with Gasteiger partial charge in [0.25, 0.3) is 5.91 Å². The molecule has 0 radical (unpaired) electrons. The Labute approximate surface area is 182 Å². The molecule has 7 heteroatoms. The van der Waals surface area contributed by atoms with Gasteiger partial charge in [-0.05, 0) is 42.3 Å². The number of rotatable bonds is 8. The van der Waals surface area contributed by atoms with E-state index in [-0.39, 0.29) is 24.9 Å². The molecule has 1 fully saturated rings. The van der Waals surface area contributed by atoms with E-state index in [0.717, 1.165) is 30.2 Å². The van der Waals surface area contributed by atoms with E-state index in [2.05, 4.69) is 4.90 Å². The number of ether oxygens (including phenoxy) is 2. The van der Waals surface area contributed by atoms with E-state index in [1.54, 1.807) is 19.1 Å². The summed E-state index contributed by atoms with van der Waals surface area (Å²) >= 11 is 5.93. The lowest BCUT2D eigenvalue weighted by Crippen LogP contribution is -2.49. The number of nitrogens with zero attached hydrogens (tertiary/aromatic N) is 2. The van der Waals surface area contributed by atoms with Crippen molar-refractivity contribution in [3.05, 3.63) is 64.7 Å². The lowest BCUT2D eigenvalue weighted by molar-refractivity contribution is -0.142. The molecule has 3 rings (SSSR count). The van der Waals surface area contributed by atoms with E-state index < -0.39 is 0 Å². The molecule has 1 saturated heterocycles. The Hall–Kier alpha value is -2.57. The molecule has 2 aromatic carbocycles. The molecule has 0 spiro atoms. The monoisotopic (exact) mass is 430 g/mol. The fourth-order valence-corrected chi connectivity index (χ4v) is 3.45. The fourth-order valence-electron chi connectivity index (χ4n) is 3.32. The topological polar surface area (TPSA) is 59.1 Å². The summed E-state index contributed by atoms with van der Waals surface area (Å²) in [6, 6.07) is 15.0. The highest BCUT2D eigenvalue weighted by atomic mass is 35.5. The van der Waals surface area contributed by atoms with Crippen LogP contribution in [-0.2, 0) is 27.3 Å². The summed E-state index contributed by atoms with van der Waals surface area (Å²) < 4.78 is 10.6. The standard InChI is InChI=1S/C23H27ClN2O4/c1-2-29-23(28)15-18-5-9-21(10-6-18)30-17-22(27)26-13-11-25(12-14-26)16-19-3-7-20(24)8-4-19/h3-10H,2,11-17H2,1H3. The molecule has 1 aliphatic heterocycles. The third-order valence-electron chi connectivity index (χ3n) is 4.98. The minimum absolute atomic E-state index is 0.00834. The molecule has 6 nitrogen and oxygen atoms in total. The van der Waals surface area contributed by atoms with Crippen LogP contribution in [-0.4, -0.2) is 61.1 Å². The van der Waals surface area contributed by atoms with Gasteiger partial charge in [-0.15, -0.1) is 0 Å². The number of carbonyl (C=O) groups excluding carboxylic acids is 2. The molecular weight excluding hydrogens is 404 g/mol. The number of hydrogen-bond donors (Lipinski definition) is 0. The van der Waals surface area contributed by atoms with Crippen LogP contribution in [0.2, 0.25) is 5.02 Å². The maximum atomic E-state index is 12.5. The maximum absolute atomic E-state index is 12.5. The molecule has 2 aromatic rings. The number of piperazine rings is 1. The molecule has 0 saturated carbocycles. The summed E-state index contributed by atoms with van der Waals surface area (Å²) in [6.07, 6.45) is 0.230. The van der Waals surface area contributed by atoms with Crippen molar-refractivity contribution >= 4 is 23.5 Å². The molecule has 30 heavy (non-hydrogen) atoms. The largest absolute Gasteiger partial charge is 0.484 e. The number of carbonyl (C=O) groups is 2. The molecule has 0 N–H and O–H groups in total. The van der Waals surface area contributed by atoms with E-state index in [4.69, 9.17) is 21.1 Å². The van der Waals surface area contributed by atoms with Crippen molar-refractivity contribution < 1.29 is 19.1 Å². The Morgan fingerprint density at radius 3 is 2.20 bits per heavy atom. The highest BCUT2D eigenvalue weighted by Crippen LogP contribution is 2.15. The number of amides is 1. The van der Waals surface area contributed by atoms with Gasteiger partial charge in [-0.2, -0.15) is 0 Å². The number of halogens is 1. The van der Waals surface area contributed by atoms with E-state index >= 15 is 0 Å². The first kappa shape index (κ1) is 22.1. The van der Waals surface area contributed by atoms with Gasteiger partial charge in [0.2, 0.25) is 0 Å². The number of esters is 1. The van der Waals surface area contributed by atoms with Crippen molar-refractivity contribution in [3.8, 4) is 5.75 Å². The first-order chi connectivity index (χ1) is 14.5. The summed E-state index contributed by atoms with van der Waals surface area (Å²) in [6.45, 7) is 6.06. The average molecular weight is 431 g/mol. The Balaban J connectivity index is 1.39. The zero-order valence-corrected chi connectivity index (χ0v) is 17.9. The van der Waals surface area contributed by atoms with Gasteiger partial charge in [0.05, 0.1) is 13.0 Å². The van der Waals surface area contributed by atoms with Crippen molar-refractivity contribution in [1.82, 2.24) is 9.80 Å². The summed E-state index contributed by atoms with van der Waals surface area (Å²) in [5.74, 6) is 0.339. The molecule has 1 amide bonds. The van der Waals surface area contributed by atoms with Crippen LogP contribution in [0.5, 0.6) is 5.75 Å². The van der Waals surface area contributed by atoms with Crippen LogP contribution in [0.3, 0.4) is 0 Å². The normalized spacial score (nSPS) is 14.4. The lowest BCUT2D eigenvalue weighted by Gasteiger charge is -2.34. The van der Waals surface area contributed by atoms with Gasteiger partial charge < -0.3 is 14.4 Å². The predicted octanol–water partition coefficient (Wildman–Crippen LogP) is 3.17. The maximum Gasteiger partial charge on any atom is 0.310 e. The zero-order valence-electron chi connectivity index (χ0n) is 17.2. The Bertz CT molecular complexity index is 831. The summed E-state index contributed by atoms with van der Waals surface area (Å²) in [7, 11) is 0. The molecule has 0 aromatic heterocycles. The van der Waals surface area contributed by atoms with E-state index in [0.29, 0.717) is 25.4 Å². The number of benzene rings is 2. The minimum Gasteiger partial charge on any atom is -0.484 e. The Morgan fingerprint density at radius 1 is 0.933 bits per heavy atom. The van der Waals surface area contributed by atoms with Gasteiger partial charge in [-0.25, -0.2) is 0 Å². The molecule has 1 heterocycles. The summed E-state index contributed by atoms with van der Waals surface area (Å²) in [5, 5.41) is 0.739. The first-order valence-electron chi connectivity index (χ1n) is 10.2. The SMILES string of the molecule is CCOC(=O)Cc1ccc(OCC(=O)N2CCN(Cc3ccc(Cl)cc3)CC2)cc1.